The van der Waals surface area contributed by atoms with Crippen molar-refractivity contribution >= 4 is 0 Å². The second-order valence-corrected chi connectivity index (χ2v) is 6.65. The molecule has 21 heavy (non-hydrogen) atoms. The molecule has 0 spiro atoms. The number of hydrogen-bond donors (Lipinski definition) is 0. The Morgan fingerprint density at radius 1 is 1.33 bits per heavy atom. The Kier molecular flexibility index (Phi) is 3.93. The van der Waals surface area contributed by atoms with E-state index in [0.29, 0.717) is 12.6 Å². The van der Waals surface area contributed by atoms with E-state index < -0.39 is 0 Å². The van der Waals surface area contributed by atoms with E-state index in [1.165, 1.54) is 32.2 Å². The highest BCUT2D eigenvalue weighted by Gasteiger charge is 2.45. The molecule has 0 aromatic carbocycles. The molecule has 3 fully saturated rings. The summed E-state index contributed by atoms with van der Waals surface area (Å²) in [6.45, 7) is 3.82. The van der Waals surface area contributed by atoms with Crippen LogP contribution in [0.5, 0.6) is 0 Å². The molecule has 1 saturated carbocycles. The molecule has 4 rings (SSSR count). The first-order valence-electron chi connectivity index (χ1n) is 8.26. The molecule has 1 aromatic heterocycles. The lowest BCUT2D eigenvalue weighted by molar-refractivity contribution is -0.0818. The number of fused-ring (bicyclic) bond motifs is 1. The minimum absolute atomic E-state index is 0.217. The first kappa shape index (κ1) is 13.7. The van der Waals surface area contributed by atoms with Crippen LogP contribution in [0.2, 0.25) is 0 Å². The molecular formula is C17H24N2O2. The van der Waals surface area contributed by atoms with Crippen molar-refractivity contribution in [2.45, 2.75) is 50.5 Å². The number of hydrogen-bond acceptors (Lipinski definition) is 4. The Morgan fingerprint density at radius 3 is 3.10 bits per heavy atom. The van der Waals surface area contributed by atoms with Gasteiger partial charge in [-0.2, -0.15) is 0 Å². The summed E-state index contributed by atoms with van der Waals surface area (Å²) < 4.78 is 12.2. The quantitative estimate of drug-likeness (QED) is 0.832. The molecule has 1 aromatic rings. The fraction of sp³-hybridized carbons (Fsp3) is 0.706. The molecule has 0 bridgehead atoms. The standard InChI is InChI=1S/C17H24N2O2/c1-3-14(9-18-7-1)12-21-16-11-19(10-13-5-6-13)15-4-2-8-20-17(15)16/h1,3,7,9,13,15-17H,2,4-6,8,10-12H2/t15-,16+,17-/m0/s1. The minimum Gasteiger partial charge on any atom is -0.374 e. The topological polar surface area (TPSA) is 34.6 Å². The van der Waals surface area contributed by atoms with Gasteiger partial charge in [0, 0.05) is 38.1 Å². The first-order chi connectivity index (χ1) is 10.4. The van der Waals surface area contributed by atoms with E-state index in [-0.39, 0.29) is 12.2 Å². The van der Waals surface area contributed by atoms with Gasteiger partial charge in [-0.25, -0.2) is 0 Å². The van der Waals surface area contributed by atoms with E-state index in [1.807, 2.05) is 12.3 Å². The molecular weight excluding hydrogens is 264 g/mol. The molecule has 0 amide bonds. The van der Waals surface area contributed by atoms with Crippen LogP contribution in [0.1, 0.15) is 31.2 Å². The summed E-state index contributed by atoms with van der Waals surface area (Å²) in [5, 5.41) is 0. The molecule has 0 unspecified atom stereocenters. The maximum Gasteiger partial charge on any atom is 0.100 e. The summed E-state index contributed by atoms with van der Waals surface area (Å²) in [6, 6.07) is 4.62. The van der Waals surface area contributed by atoms with Crippen molar-refractivity contribution in [2.75, 3.05) is 19.7 Å². The normalized spacial score (nSPS) is 33.0. The predicted octanol–water partition coefficient (Wildman–Crippen LogP) is 2.24. The van der Waals surface area contributed by atoms with Crippen molar-refractivity contribution in [3.8, 4) is 0 Å². The Hall–Kier alpha value is -0.970. The Labute approximate surface area is 126 Å². The molecule has 0 radical (unpaired) electrons. The van der Waals surface area contributed by atoms with Crippen molar-refractivity contribution in [1.82, 2.24) is 9.88 Å². The number of likely N-dealkylation sites (tertiary alicyclic amines) is 1. The van der Waals surface area contributed by atoms with Gasteiger partial charge in [-0.15, -0.1) is 0 Å². The first-order valence-corrected chi connectivity index (χ1v) is 8.26. The van der Waals surface area contributed by atoms with Crippen LogP contribution >= 0.6 is 0 Å². The lowest BCUT2D eigenvalue weighted by Gasteiger charge is -2.32. The summed E-state index contributed by atoms with van der Waals surface area (Å²) in [5.74, 6) is 0.935. The van der Waals surface area contributed by atoms with Crippen LogP contribution in [0.4, 0.5) is 0 Å². The van der Waals surface area contributed by atoms with Gasteiger partial charge in [-0.3, -0.25) is 9.88 Å². The molecule has 4 nitrogen and oxygen atoms in total. The van der Waals surface area contributed by atoms with Crippen LogP contribution in [-0.4, -0.2) is 47.8 Å². The van der Waals surface area contributed by atoms with Crippen LogP contribution in [-0.2, 0) is 16.1 Å². The largest absolute Gasteiger partial charge is 0.374 e. The van der Waals surface area contributed by atoms with Gasteiger partial charge in [0.2, 0.25) is 0 Å². The van der Waals surface area contributed by atoms with Crippen LogP contribution in [0.3, 0.4) is 0 Å². The van der Waals surface area contributed by atoms with Crippen LogP contribution < -0.4 is 0 Å². The Balaban J connectivity index is 1.39. The molecule has 2 aliphatic heterocycles. The number of aromatic nitrogens is 1. The maximum atomic E-state index is 6.18. The van der Waals surface area contributed by atoms with Gasteiger partial charge in [0.25, 0.3) is 0 Å². The zero-order valence-corrected chi connectivity index (χ0v) is 12.5. The zero-order valence-electron chi connectivity index (χ0n) is 12.5. The Bertz CT molecular complexity index is 463. The van der Waals surface area contributed by atoms with Crippen molar-refractivity contribution in [3.05, 3.63) is 30.1 Å². The number of pyridine rings is 1. The summed E-state index contributed by atoms with van der Waals surface area (Å²) in [6.07, 6.45) is 9.46. The van der Waals surface area contributed by atoms with E-state index >= 15 is 0 Å². The van der Waals surface area contributed by atoms with Crippen molar-refractivity contribution in [1.29, 1.82) is 0 Å². The monoisotopic (exact) mass is 288 g/mol. The number of ether oxygens (including phenoxy) is 2. The highest BCUT2D eigenvalue weighted by Crippen LogP contribution is 2.36. The third-order valence-corrected chi connectivity index (χ3v) is 4.96. The number of rotatable bonds is 5. The molecule has 3 aliphatic rings. The van der Waals surface area contributed by atoms with Gasteiger partial charge in [-0.05, 0) is 43.2 Å². The van der Waals surface area contributed by atoms with E-state index in [2.05, 4.69) is 16.0 Å². The summed E-state index contributed by atoms with van der Waals surface area (Å²) in [7, 11) is 0. The van der Waals surface area contributed by atoms with Crippen molar-refractivity contribution < 1.29 is 9.47 Å². The van der Waals surface area contributed by atoms with Crippen LogP contribution in [0, 0.1) is 5.92 Å². The molecule has 3 heterocycles. The van der Waals surface area contributed by atoms with Gasteiger partial charge in [0.05, 0.1) is 12.7 Å². The second-order valence-electron chi connectivity index (χ2n) is 6.65. The van der Waals surface area contributed by atoms with Gasteiger partial charge in [-0.1, -0.05) is 6.07 Å². The van der Waals surface area contributed by atoms with Crippen LogP contribution in [0.25, 0.3) is 0 Å². The average molecular weight is 288 g/mol. The minimum atomic E-state index is 0.217. The fourth-order valence-corrected chi connectivity index (χ4v) is 3.68. The highest BCUT2D eigenvalue weighted by atomic mass is 16.5. The third kappa shape index (κ3) is 3.12. The van der Waals surface area contributed by atoms with E-state index in [1.54, 1.807) is 6.20 Å². The predicted molar refractivity (Wildman–Crippen MR) is 79.9 cm³/mol. The van der Waals surface area contributed by atoms with E-state index in [4.69, 9.17) is 9.47 Å². The fourth-order valence-electron chi connectivity index (χ4n) is 3.68. The maximum absolute atomic E-state index is 6.18. The lowest BCUT2D eigenvalue weighted by Crippen LogP contribution is -2.42. The molecule has 1 aliphatic carbocycles. The van der Waals surface area contributed by atoms with E-state index in [0.717, 1.165) is 24.6 Å². The summed E-state index contributed by atoms with van der Waals surface area (Å²) >= 11 is 0. The highest BCUT2D eigenvalue weighted by molar-refractivity contribution is 5.07. The van der Waals surface area contributed by atoms with Crippen LogP contribution in [0.15, 0.2) is 24.5 Å². The number of nitrogens with zero attached hydrogens (tertiary/aromatic N) is 2. The Morgan fingerprint density at radius 2 is 2.29 bits per heavy atom. The van der Waals surface area contributed by atoms with Gasteiger partial charge in [0.1, 0.15) is 6.10 Å². The summed E-state index contributed by atoms with van der Waals surface area (Å²) in [5.41, 5.74) is 1.14. The zero-order chi connectivity index (χ0) is 14.1. The molecule has 2 saturated heterocycles. The van der Waals surface area contributed by atoms with Crippen molar-refractivity contribution in [3.63, 3.8) is 0 Å². The third-order valence-electron chi connectivity index (χ3n) is 4.96. The SMILES string of the molecule is c1cncc(CO[C@@H]2CN(CC3CC3)[C@H]3CCCO[C@H]23)c1. The van der Waals surface area contributed by atoms with Crippen molar-refractivity contribution in [2.24, 2.45) is 5.92 Å². The molecule has 3 atom stereocenters. The smallest absolute Gasteiger partial charge is 0.100 e. The molecule has 114 valence electrons. The van der Waals surface area contributed by atoms with Gasteiger partial charge in [0.15, 0.2) is 0 Å². The average Bonchev–Trinajstić information content (AvgIpc) is 3.29. The van der Waals surface area contributed by atoms with Gasteiger partial charge >= 0.3 is 0 Å². The van der Waals surface area contributed by atoms with Gasteiger partial charge < -0.3 is 9.47 Å². The molecule has 0 N–H and O–H groups in total. The summed E-state index contributed by atoms with van der Waals surface area (Å²) in [4.78, 5) is 6.79. The van der Waals surface area contributed by atoms with E-state index in [9.17, 15) is 0 Å². The molecule has 4 heteroatoms. The second kappa shape index (κ2) is 6.03. The lowest BCUT2D eigenvalue weighted by atomic mass is 10.0.